The Morgan fingerprint density at radius 2 is 2.33 bits per heavy atom. The molecule has 1 aliphatic heterocycles. The number of pyridine rings is 1. The molecule has 82 valence electrons. The second kappa shape index (κ2) is 4.14. The van der Waals surface area contributed by atoms with Gasteiger partial charge < -0.3 is 10.6 Å². The highest BCUT2D eigenvalue weighted by atomic mass is 19.1. The number of hydrogen-bond acceptors (Lipinski definition) is 3. The monoisotopic (exact) mass is 209 g/mol. The van der Waals surface area contributed by atoms with Crippen LogP contribution >= 0.6 is 0 Å². The minimum atomic E-state index is -0.298. The maximum absolute atomic E-state index is 12.7. The van der Waals surface area contributed by atoms with Gasteiger partial charge >= 0.3 is 0 Å². The van der Waals surface area contributed by atoms with E-state index < -0.39 is 0 Å². The predicted molar refractivity (Wildman–Crippen MR) is 58.2 cm³/mol. The Morgan fingerprint density at radius 1 is 1.53 bits per heavy atom. The van der Waals surface area contributed by atoms with Crippen molar-refractivity contribution in [3.8, 4) is 0 Å². The van der Waals surface area contributed by atoms with Crippen LogP contribution in [0, 0.1) is 11.7 Å². The van der Waals surface area contributed by atoms with Gasteiger partial charge in [-0.15, -0.1) is 0 Å². The van der Waals surface area contributed by atoms with Crippen molar-refractivity contribution in [2.75, 3.05) is 18.0 Å². The molecule has 1 aromatic heterocycles. The van der Waals surface area contributed by atoms with E-state index in [2.05, 4.69) is 16.8 Å². The third kappa shape index (κ3) is 2.26. The first-order valence-electron chi connectivity index (χ1n) is 5.29. The number of halogens is 1. The molecule has 0 spiro atoms. The van der Waals surface area contributed by atoms with Gasteiger partial charge in [0.2, 0.25) is 0 Å². The highest BCUT2D eigenvalue weighted by Gasteiger charge is 2.23. The molecule has 1 aliphatic rings. The largest absolute Gasteiger partial charge is 0.355 e. The summed E-state index contributed by atoms with van der Waals surface area (Å²) in [7, 11) is 0. The van der Waals surface area contributed by atoms with E-state index in [0.717, 1.165) is 25.3 Å². The van der Waals surface area contributed by atoms with Crippen molar-refractivity contribution < 1.29 is 4.39 Å². The molecule has 1 aromatic rings. The smallest absolute Gasteiger partial charge is 0.141 e. The third-order valence-corrected chi connectivity index (χ3v) is 3.05. The van der Waals surface area contributed by atoms with Crippen molar-refractivity contribution in [2.45, 2.75) is 19.4 Å². The molecule has 0 radical (unpaired) electrons. The lowest BCUT2D eigenvalue weighted by atomic mass is 9.94. The van der Waals surface area contributed by atoms with Crippen LogP contribution in [0.15, 0.2) is 18.3 Å². The van der Waals surface area contributed by atoms with E-state index in [1.54, 1.807) is 6.07 Å². The van der Waals surface area contributed by atoms with Crippen LogP contribution in [0.2, 0.25) is 0 Å². The van der Waals surface area contributed by atoms with Gasteiger partial charge in [-0.3, -0.25) is 0 Å². The second-order valence-corrected chi connectivity index (χ2v) is 4.21. The van der Waals surface area contributed by atoms with E-state index in [1.165, 1.54) is 12.3 Å². The SMILES string of the molecule is CC1CCN(c2ccc(F)cn2)CC1N. The van der Waals surface area contributed by atoms with E-state index in [4.69, 9.17) is 5.73 Å². The standard InChI is InChI=1S/C11H16FN3/c1-8-4-5-15(7-10(8)13)11-3-2-9(12)6-14-11/h2-3,6,8,10H,4-5,7,13H2,1H3. The summed E-state index contributed by atoms with van der Waals surface area (Å²) < 4.78 is 12.7. The molecule has 0 amide bonds. The highest BCUT2D eigenvalue weighted by molar-refractivity contribution is 5.38. The summed E-state index contributed by atoms with van der Waals surface area (Å²) in [4.78, 5) is 6.17. The number of rotatable bonds is 1. The highest BCUT2D eigenvalue weighted by Crippen LogP contribution is 2.20. The van der Waals surface area contributed by atoms with Gasteiger partial charge in [0.25, 0.3) is 0 Å². The van der Waals surface area contributed by atoms with Gasteiger partial charge in [0.15, 0.2) is 0 Å². The Bertz CT molecular complexity index is 325. The Balaban J connectivity index is 2.08. The normalized spacial score (nSPS) is 26.7. The summed E-state index contributed by atoms with van der Waals surface area (Å²) in [6.45, 7) is 3.92. The summed E-state index contributed by atoms with van der Waals surface area (Å²) in [5.74, 6) is 1.08. The maximum atomic E-state index is 12.7. The van der Waals surface area contributed by atoms with Crippen molar-refractivity contribution in [2.24, 2.45) is 11.7 Å². The van der Waals surface area contributed by atoms with E-state index in [0.29, 0.717) is 5.92 Å². The molecule has 0 saturated carbocycles. The fraction of sp³-hybridized carbons (Fsp3) is 0.545. The van der Waals surface area contributed by atoms with Crippen molar-refractivity contribution in [3.05, 3.63) is 24.1 Å². The molecule has 3 nitrogen and oxygen atoms in total. The Kier molecular flexibility index (Phi) is 2.86. The first-order chi connectivity index (χ1) is 7.16. The molecule has 0 bridgehead atoms. The van der Waals surface area contributed by atoms with Crippen LogP contribution in [0.4, 0.5) is 10.2 Å². The molecule has 0 aliphatic carbocycles. The van der Waals surface area contributed by atoms with Crippen LogP contribution in [0.1, 0.15) is 13.3 Å². The van der Waals surface area contributed by atoms with Gasteiger partial charge in [-0.2, -0.15) is 0 Å². The van der Waals surface area contributed by atoms with Gasteiger partial charge in [-0.1, -0.05) is 6.92 Å². The maximum Gasteiger partial charge on any atom is 0.141 e. The molecule has 2 rings (SSSR count). The third-order valence-electron chi connectivity index (χ3n) is 3.05. The zero-order valence-corrected chi connectivity index (χ0v) is 8.86. The van der Waals surface area contributed by atoms with Crippen LogP contribution in [0.25, 0.3) is 0 Å². The van der Waals surface area contributed by atoms with Crippen molar-refractivity contribution >= 4 is 5.82 Å². The summed E-state index contributed by atoms with van der Waals surface area (Å²) in [6.07, 6.45) is 2.32. The average Bonchev–Trinajstić information content (AvgIpc) is 2.23. The lowest BCUT2D eigenvalue weighted by Gasteiger charge is -2.35. The number of anilines is 1. The predicted octanol–water partition coefficient (Wildman–Crippen LogP) is 1.39. The minimum absolute atomic E-state index is 0.186. The number of aromatic nitrogens is 1. The molecule has 2 heterocycles. The summed E-state index contributed by atoms with van der Waals surface area (Å²) >= 11 is 0. The fourth-order valence-corrected chi connectivity index (χ4v) is 1.86. The Labute approximate surface area is 89.1 Å². The molecule has 1 saturated heterocycles. The van der Waals surface area contributed by atoms with Crippen molar-refractivity contribution in [1.82, 2.24) is 4.98 Å². The molecular formula is C11H16FN3. The quantitative estimate of drug-likeness (QED) is 0.760. The van der Waals surface area contributed by atoms with Crippen LogP contribution in [-0.4, -0.2) is 24.1 Å². The van der Waals surface area contributed by atoms with Gasteiger partial charge in [0.05, 0.1) is 6.20 Å². The van der Waals surface area contributed by atoms with Gasteiger partial charge in [-0.05, 0) is 24.5 Å². The number of hydrogen-bond donors (Lipinski definition) is 1. The Morgan fingerprint density at radius 3 is 2.93 bits per heavy atom. The lowest BCUT2D eigenvalue weighted by molar-refractivity contribution is 0.378. The van der Waals surface area contributed by atoms with Crippen LogP contribution in [0.3, 0.4) is 0 Å². The molecule has 0 aromatic carbocycles. The zero-order chi connectivity index (χ0) is 10.8. The summed E-state index contributed by atoms with van der Waals surface area (Å²) in [5.41, 5.74) is 5.99. The number of nitrogens with zero attached hydrogens (tertiary/aromatic N) is 2. The van der Waals surface area contributed by atoms with Crippen LogP contribution in [0.5, 0.6) is 0 Å². The summed E-state index contributed by atoms with van der Waals surface area (Å²) in [5, 5.41) is 0. The van der Waals surface area contributed by atoms with Crippen molar-refractivity contribution in [3.63, 3.8) is 0 Å². The first kappa shape index (κ1) is 10.4. The topological polar surface area (TPSA) is 42.2 Å². The molecule has 1 fully saturated rings. The van der Waals surface area contributed by atoms with E-state index in [-0.39, 0.29) is 11.9 Å². The molecule has 2 unspecified atom stereocenters. The van der Waals surface area contributed by atoms with E-state index in [1.807, 2.05) is 0 Å². The molecule has 15 heavy (non-hydrogen) atoms. The average molecular weight is 209 g/mol. The first-order valence-corrected chi connectivity index (χ1v) is 5.29. The molecular weight excluding hydrogens is 193 g/mol. The molecule has 2 N–H and O–H groups in total. The molecule has 2 atom stereocenters. The van der Waals surface area contributed by atoms with Crippen molar-refractivity contribution in [1.29, 1.82) is 0 Å². The van der Waals surface area contributed by atoms with E-state index in [9.17, 15) is 4.39 Å². The van der Waals surface area contributed by atoms with Gasteiger partial charge in [0, 0.05) is 19.1 Å². The van der Waals surface area contributed by atoms with Gasteiger partial charge in [0.1, 0.15) is 11.6 Å². The lowest BCUT2D eigenvalue weighted by Crippen LogP contribution is -2.47. The van der Waals surface area contributed by atoms with Crippen LogP contribution < -0.4 is 10.6 Å². The fourth-order valence-electron chi connectivity index (χ4n) is 1.86. The summed E-state index contributed by atoms with van der Waals surface area (Å²) in [6, 6.07) is 3.33. The number of nitrogens with two attached hydrogens (primary N) is 1. The Hall–Kier alpha value is -1.16. The number of piperidine rings is 1. The van der Waals surface area contributed by atoms with Gasteiger partial charge in [-0.25, -0.2) is 9.37 Å². The molecule has 4 heteroatoms. The minimum Gasteiger partial charge on any atom is -0.355 e. The van der Waals surface area contributed by atoms with E-state index >= 15 is 0 Å². The zero-order valence-electron chi connectivity index (χ0n) is 8.86. The van der Waals surface area contributed by atoms with Crippen LogP contribution in [-0.2, 0) is 0 Å². The second-order valence-electron chi connectivity index (χ2n) is 4.21.